The largest absolute Gasteiger partial charge is 0.508 e. The van der Waals surface area contributed by atoms with E-state index in [-0.39, 0.29) is 29.9 Å². The number of carbonyl (C=O) groups is 2. The van der Waals surface area contributed by atoms with E-state index >= 15 is 0 Å². The Balaban J connectivity index is 1.84. The lowest BCUT2D eigenvalue weighted by atomic mass is 9.89. The number of benzene rings is 2. The van der Waals surface area contributed by atoms with Crippen LogP contribution in [0.5, 0.6) is 5.75 Å². The zero-order chi connectivity index (χ0) is 25.8. The number of hydrogen-bond donors (Lipinski definition) is 2. The van der Waals surface area contributed by atoms with Crippen molar-refractivity contribution in [2.45, 2.75) is 78.0 Å². The molecule has 2 aromatic carbocycles. The number of anilines is 1. The lowest BCUT2D eigenvalue weighted by Crippen LogP contribution is -2.45. The van der Waals surface area contributed by atoms with Crippen molar-refractivity contribution in [3.63, 3.8) is 0 Å². The molecule has 0 radical (unpaired) electrons. The van der Waals surface area contributed by atoms with Crippen molar-refractivity contribution >= 4 is 17.7 Å². The van der Waals surface area contributed by atoms with E-state index in [1.165, 1.54) is 7.11 Å². The summed E-state index contributed by atoms with van der Waals surface area (Å²) in [6.45, 7) is 10.4. The van der Waals surface area contributed by atoms with Crippen LogP contribution in [-0.4, -0.2) is 48.5 Å². The fraction of sp³-hybridized carbons (Fsp3) is 0.500. The molecule has 1 aliphatic carbocycles. The van der Waals surface area contributed by atoms with Gasteiger partial charge in [0.2, 0.25) is 0 Å². The summed E-state index contributed by atoms with van der Waals surface area (Å²) in [7, 11) is 1.39. The van der Waals surface area contributed by atoms with Gasteiger partial charge >= 0.3 is 12.1 Å². The van der Waals surface area contributed by atoms with E-state index in [1.807, 2.05) is 45.9 Å². The predicted molar refractivity (Wildman–Crippen MR) is 138 cm³/mol. The van der Waals surface area contributed by atoms with Gasteiger partial charge < -0.3 is 24.8 Å². The average Bonchev–Trinajstić information content (AvgIpc) is 2.80. The number of phenols is 1. The SMILES string of the molecule is CCN(c1cc(-c2ccc(O)cc2)cc(C(=O)OC)c1C)C1CCC(NC(=O)OC(C)(C)C)CC1. The number of carbonyl (C=O) groups excluding carboxylic acids is 2. The summed E-state index contributed by atoms with van der Waals surface area (Å²) < 4.78 is 10.5. The second-order valence-corrected chi connectivity index (χ2v) is 10.1. The van der Waals surface area contributed by atoms with Gasteiger partial charge in [-0.15, -0.1) is 0 Å². The lowest BCUT2D eigenvalue weighted by Gasteiger charge is -2.39. The maximum atomic E-state index is 12.6. The monoisotopic (exact) mass is 482 g/mol. The van der Waals surface area contributed by atoms with E-state index in [1.54, 1.807) is 12.1 Å². The summed E-state index contributed by atoms with van der Waals surface area (Å²) in [5, 5.41) is 12.7. The van der Waals surface area contributed by atoms with Crippen LogP contribution in [0.3, 0.4) is 0 Å². The smallest absolute Gasteiger partial charge is 0.407 e. The molecular formula is C28H38N2O5. The summed E-state index contributed by atoms with van der Waals surface area (Å²) in [5.41, 5.74) is 3.71. The zero-order valence-electron chi connectivity index (χ0n) is 21.7. The molecule has 0 aromatic heterocycles. The molecule has 2 N–H and O–H groups in total. The highest BCUT2D eigenvalue weighted by atomic mass is 16.6. The summed E-state index contributed by atoms with van der Waals surface area (Å²) >= 11 is 0. The van der Waals surface area contributed by atoms with Crippen LogP contribution >= 0.6 is 0 Å². The maximum Gasteiger partial charge on any atom is 0.407 e. The van der Waals surface area contributed by atoms with Gasteiger partial charge in [-0.1, -0.05) is 12.1 Å². The Morgan fingerprint density at radius 3 is 2.23 bits per heavy atom. The van der Waals surface area contributed by atoms with Crippen molar-refractivity contribution in [3.05, 3.63) is 47.5 Å². The number of amides is 1. The highest BCUT2D eigenvalue weighted by Crippen LogP contribution is 2.35. The summed E-state index contributed by atoms with van der Waals surface area (Å²) in [4.78, 5) is 27.2. The van der Waals surface area contributed by atoms with E-state index < -0.39 is 5.60 Å². The Morgan fingerprint density at radius 1 is 1.06 bits per heavy atom. The maximum absolute atomic E-state index is 12.6. The molecule has 0 unspecified atom stereocenters. The summed E-state index contributed by atoms with van der Waals surface area (Å²) in [6, 6.07) is 11.3. The van der Waals surface area contributed by atoms with Gasteiger partial charge in [0, 0.05) is 24.3 Å². The molecule has 0 spiro atoms. The minimum Gasteiger partial charge on any atom is -0.508 e. The first-order valence-electron chi connectivity index (χ1n) is 12.3. The topological polar surface area (TPSA) is 88.1 Å². The molecular weight excluding hydrogens is 444 g/mol. The fourth-order valence-electron chi connectivity index (χ4n) is 4.77. The van der Waals surface area contributed by atoms with Crippen LogP contribution in [-0.2, 0) is 9.47 Å². The van der Waals surface area contributed by atoms with Gasteiger partial charge in [0.1, 0.15) is 11.4 Å². The third kappa shape index (κ3) is 6.68. The van der Waals surface area contributed by atoms with Crippen LogP contribution in [0.1, 0.15) is 69.3 Å². The molecule has 0 atom stereocenters. The van der Waals surface area contributed by atoms with Gasteiger partial charge in [-0.25, -0.2) is 9.59 Å². The Kier molecular flexibility index (Phi) is 8.30. The number of phenolic OH excluding ortho intramolecular Hbond substituents is 1. The Hall–Kier alpha value is -3.22. The van der Waals surface area contributed by atoms with Gasteiger partial charge in [0.25, 0.3) is 0 Å². The third-order valence-corrected chi connectivity index (χ3v) is 6.49. The molecule has 1 fully saturated rings. The van der Waals surface area contributed by atoms with Gasteiger partial charge in [-0.2, -0.15) is 0 Å². The normalized spacial score (nSPS) is 18.0. The summed E-state index contributed by atoms with van der Waals surface area (Å²) in [5.74, 6) is -0.174. The van der Waals surface area contributed by atoms with E-state index in [0.29, 0.717) is 5.56 Å². The first kappa shape index (κ1) is 26.4. The van der Waals surface area contributed by atoms with Crippen molar-refractivity contribution < 1.29 is 24.2 Å². The van der Waals surface area contributed by atoms with Gasteiger partial charge in [0.05, 0.1) is 12.7 Å². The molecule has 2 aromatic rings. The number of esters is 1. The number of hydrogen-bond acceptors (Lipinski definition) is 6. The van der Waals surface area contributed by atoms with Crippen LogP contribution < -0.4 is 10.2 Å². The molecule has 3 rings (SSSR count). The molecule has 7 heteroatoms. The minimum absolute atomic E-state index is 0.0925. The van der Waals surface area contributed by atoms with Crippen molar-refractivity contribution in [3.8, 4) is 16.9 Å². The van der Waals surface area contributed by atoms with Gasteiger partial charge in [-0.05, 0) is 101 Å². The fourth-order valence-corrected chi connectivity index (χ4v) is 4.77. The van der Waals surface area contributed by atoms with Crippen molar-refractivity contribution in [1.29, 1.82) is 0 Å². The second-order valence-electron chi connectivity index (χ2n) is 10.1. The molecule has 190 valence electrons. The number of methoxy groups -OCH3 is 1. The van der Waals surface area contributed by atoms with Crippen molar-refractivity contribution in [2.24, 2.45) is 0 Å². The predicted octanol–water partition coefficient (Wildman–Crippen LogP) is 5.82. The van der Waals surface area contributed by atoms with Crippen molar-refractivity contribution in [1.82, 2.24) is 5.32 Å². The molecule has 0 saturated heterocycles. The molecule has 7 nitrogen and oxygen atoms in total. The molecule has 0 aliphatic heterocycles. The van der Waals surface area contributed by atoms with E-state index in [4.69, 9.17) is 9.47 Å². The van der Waals surface area contributed by atoms with E-state index in [2.05, 4.69) is 23.2 Å². The molecule has 0 heterocycles. The minimum atomic E-state index is -0.516. The molecule has 1 amide bonds. The highest BCUT2D eigenvalue weighted by Gasteiger charge is 2.29. The van der Waals surface area contributed by atoms with Crippen molar-refractivity contribution in [2.75, 3.05) is 18.6 Å². The quantitative estimate of drug-likeness (QED) is 0.505. The standard InChI is InChI=1S/C28H38N2O5/c1-7-30(22-12-10-21(11-13-22)29-27(33)35-28(3,4)5)25-17-20(19-8-14-23(31)15-9-19)16-24(18(25)2)26(32)34-6/h8-9,14-17,21-22,31H,7,10-13H2,1-6H3,(H,29,33). The second kappa shape index (κ2) is 11.0. The van der Waals surface area contributed by atoms with Gasteiger partial charge in [0.15, 0.2) is 0 Å². The molecule has 35 heavy (non-hydrogen) atoms. The van der Waals surface area contributed by atoms with E-state index in [9.17, 15) is 14.7 Å². The van der Waals surface area contributed by atoms with Crippen LogP contribution in [0.25, 0.3) is 11.1 Å². The number of nitrogens with zero attached hydrogens (tertiary/aromatic N) is 1. The van der Waals surface area contributed by atoms with E-state index in [0.717, 1.165) is 54.6 Å². The van der Waals surface area contributed by atoms with Crippen LogP contribution in [0.15, 0.2) is 36.4 Å². The molecule has 0 bridgehead atoms. The first-order valence-corrected chi connectivity index (χ1v) is 12.3. The number of aromatic hydroxyl groups is 1. The van der Waals surface area contributed by atoms with Crippen LogP contribution in [0.2, 0.25) is 0 Å². The number of alkyl carbamates (subject to hydrolysis) is 1. The molecule has 1 aliphatic rings. The number of ether oxygens (including phenoxy) is 2. The highest BCUT2D eigenvalue weighted by molar-refractivity contribution is 5.95. The zero-order valence-corrected chi connectivity index (χ0v) is 21.7. The summed E-state index contributed by atoms with van der Waals surface area (Å²) in [6.07, 6.45) is 3.20. The Bertz CT molecular complexity index is 1030. The Morgan fingerprint density at radius 2 is 1.69 bits per heavy atom. The lowest BCUT2D eigenvalue weighted by molar-refractivity contribution is 0.0490. The Labute approximate surface area is 208 Å². The molecule has 1 saturated carbocycles. The van der Waals surface area contributed by atoms with Crippen LogP contribution in [0, 0.1) is 6.92 Å². The third-order valence-electron chi connectivity index (χ3n) is 6.49. The number of rotatable bonds is 6. The first-order chi connectivity index (χ1) is 16.5. The average molecular weight is 483 g/mol. The number of nitrogens with one attached hydrogen (secondary N) is 1. The van der Waals surface area contributed by atoms with Crippen LogP contribution in [0.4, 0.5) is 10.5 Å². The van der Waals surface area contributed by atoms with Gasteiger partial charge in [-0.3, -0.25) is 0 Å².